The van der Waals surface area contributed by atoms with E-state index in [2.05, 4.69) is 4.72 Å². The fourth-order valence-corrected chi connectivity index (χ4v) is 3.44. The molecule has 0 amide bonds. The number of aryl methyl sites for hydroxylation is 1. The molecule has 110 valence electrons. The van der Waals surface area contributed by atoms with Crippen LogP contribution in [0.1, 0.15) is 11.1 Å². The van der Waals surface area contributed by atoms with Gasteiger partial charge in [-0.2, -0.15) is 0 Å². The number of hydrogen-bond donors (Lipinski definition) is 2. The Bertz CT molecular complexity index is 804. The van der Waals surface area contributed by atoms with Gasteiger partial charge in [-0.3, -0.25) is 4.72 Å². The molecule has 0 fully saturated rings. The fourth-order valence-electron chi connectivity index (χ4n) is 1.79. The van der Waals surface area contributed by atoms with Crippen LogP contribution in [0.2, 0.25) is 5.02 Å². The van der Waals surface area contributed by atoms with Crippen molar-refractivity contribution in [1.82, 2.24) is 0 Å². The number of anilines is 1. The fraction of sp³-hybridized carbons (Fsp3) is 0.0714. The van der Waals surface area contributed by atoms with Gasteiger partial charge in [0.2, 0.25) is 0 Å². The summed E-state index contributed by atoms with van der Waals surface area (Å²) in [5.74, 6) is 0. The molecule has 0 atom stereocenters. The van der Waals surface area contributed by atoms with E-state index in [4.69, 9.17) is 29.6 Å². The number of benzene rings is 2. The van der Waals surface area contributed by atoms with Gasteiger partial charge in [0.1, 0.15) is 4.99 Å². The van der Waals surface area contributed by atoms with E-state index in [1.807, 2.05) is 13.0 Å². The molecule has 0 saturated carbocycles. The molecule has 2 rings (SSSR count). The first-order valence-corrected chi connectivity index (χ1v) is 8.25. The largest absolute Gasteiger partial charge is 0.389 e. The highest BCUT2D eigenvalue weighted by Crippen LogP contribution is 2.23. The first kappa shape index (κ1) is 15.8. The normalized spacial score (nSPS) is 11.1. The number of hydrogen-bond acceptors (Lipinski definition) is 3. The summed E-state index contributed by atoms with van der Waals surface area (Å²) >= 11 is 10.8. The minimum absolute atomic E-state index is 0.0500. The summed E-state index contributed by atoms with van der Waals surface area (Å²) in [6.07, 6.45) is 0. The van der Waals surface area contributed by atoms with Gasteiger partial charge in [0.05, 0.1) is 9.92 Å². The van der Waals surface area contributed by atoms with Crippen molar-refractivity contribution in [3.63, 3.8) is 0 Å². The van der Waals surface area contributed by atoms with Crippen LogP contribution >= 0.6 is 23.8 Å². The van der Waals surface area contributed by atoms with Crippen LogP contribution in [0.15, 0.2) is 47.4 Å². The van der Waals surface area contributed by atoms with E-state index in [1.54, 1.807) is 18.2 Å². The van der Waals surface area contributed by atoms with Crippen LogP contribution in [0.25, 0.3) is 0 Å². The third kappa shape index (κ3) is 3.72. The molecule has 0 heterocycles. The number of halogens is 1. The lowest BCUT2D eigenvalue weighted by molar-refractivity contribution is 0.601. The van der Waals surface area contributed by atoms with Gasteiger partial charge in [-0.15, -0.1) is 0 Å². The number of thiocarbonyl (C=S) groups is 1. The Morgan fingerprint density at radius 2 is 1.95 bits per heavy atom. The molecule has 0 spiro atoms. The molecule has 7 heteroatoms. The van der Waals surface area contributed by atoms with E-state index >= 15 is 0 Å². The maximum atomic E-state index is 12.3. The Labute approximate surface area is 134 Å². The van der Waals surface area contributed by atoms with Gasteiger partial charge in [0, 0.05) is 11.3 Å². The van der Waals surface area contributed by atoms with Gasteiger partial charge in [0.25, 0.3) is 10.0 Å². The van der Waals surface area contributed by atoms with Crippen LogP contribution < -0.4 is 10.5 Å². The quantitative estimate of drug-likeness (QED) is 0.839. The molecular formula is C14H13ClN2O2S2. The number of nitrogens with one attached hydrogen (secondary N) is 1. The molecule has 4 nitrogen and oxygen atoms in total. The summed E-state index contributed by atoms with van der Waals surface area (Å²) in [5, 5.41) is 0.203. The standard InChI is InChI=1S/C14H13ClN2O2S2/c1-9-3-2-4-10(7-9)17-21(18,19)11-5-6-12(14(16)20)13(15)8-11/h2-8,17H,1H3,(H2,16,20). The van der Waals surface area contributed by atoms with E-state index < -0.39 is 10.0 Å². The van der Waals surface area contributed by atoms with Crippen molar-refractivity contribution < 1.29 is 8.42 Å². The maximum Gasteiger partial charge on any atom is 0.261 e. The summed E-state index contributed by atoms with van der Waals surface area (Å²) in [7, 11) is -3.71. The van der Waals surface area contributed by atoms with Crippen LogP contribution in [-0.2, 0) is 10.0 Å². The van der Waals surface area contributed by atoms with Crippen molar-refractivity contribution in [2.45, 2.75) is 11.8 Å². The summed E-state index contributed by atoms with van der Waals surface area (Å²) < 4.78 is 27.1. The monoisotopic (exact) mass is 340 g/mol. The van der Waals surface area contributed by atoms with Crippen LogP contribution in [0.5, 0.6) is 0 Å². The van der Waals surface area contributed by atoms with Gasteiger partial charge in [0.15, 0.2) is 0 Å². The zero-order valence-electron chi connectivity index (χ0n) is 11.1. The van der Waals surface area contributed by atoms with Gasteiger partial charge in [-0.1, -0.05) is 36.0 Å². The second-order valence-corrected chi connectivity index (χ2v) is 7.01. The Morgan fingerprint density at radius 3 is 2.52 bits per heavy atom. The molecular weight excluding hydrogens is 328 g/mol. The van der Waals surface area contributed by atoms with Crippen LogP contribution in [0.4, 0.5) is 5.69 Å². The number of rotatable bonds is 4. The molecule has 0 aliphatic rings. The lowest BCUT2D eigenvalue weighted by atomic mass is 10.2. The van der Waals surface area contributed by atoms with Gasteiger partial charge < -0.3 is 5.73 Å². The van der Waals surface area contributed by atoms with Crippen molar-refractivity contribution in [2.24, 2.45) is 5.73 Å². The average Bonchev–Trinajstić information content (AvgIpc) is 2.37. The summed E-state index contributed by atoms with van der Waals surface area (Å²) in [5.41, 5.74) is 7.39. The molecule has 0 bridgehead atoms. The first-order chi connectivity index (χ1) is 9.79. The smallest absolute Gasteiger partial charge is 0.261 e. The molecule has 0 unspecified atom stereocenters. The van der Waals surface area contributed by atoms with Crippen LogP contribution in [-0.4, -0.2) is 13.4 Å². The Morgan fingerprint density at radius 1 is 1.24 bits per heavy atom. The van der Waals surface area contributed by atoms with Gasteiger partial charge >= 0.3 is 0 Å². The van der Waals surface area contributed by atoms with E-state index in [0.29, 0.717) is 11.3 Å². The molecule has 2 aromatic carbocycles. The zero-order valence-corrected chi connectivity index (χ0v) is 13.5. The molecule has 21 heavy (non-hydrogen) atoms. The van der Waals surface area contributed by atoms with Gasteiger partial charge in [-0.25, -0.2) is 8.42 Å². The summed E-state index contributed by atoms with van der Waals surface area (Å²) in [6, 6.07) is 11.3. The zero-order chi connectivity index (χ0) is 15.6. The highest BCUT2D eigenvalue weighted by molar-refractivity contribution is 7.92. The molecule has 0 aromatic heterocycles. The second-order valence-electron chi connectivity index (χ2n) is 4.48. The van der Waals surface area contributed by atoms with Crippen molar-refractivity contribution in [1.29, 1.82) is 0 Å². The third-order valence-electron chi connectivity index (χ3n) is 2.79. The Kier molecular flexibility index (Phi) is 4.51. The Hall–Kier alpha value is -1.63. The van der Waals surface area contributed by atoms with E-state index in [0.717, 1.165) is 5.56 Å². The molecule has 0 aliphatic heterocycles. The first-order valence-electron chi connectivity index (χ1n) is 5.98. The van der Waals surface area contributed by atoms with Crippen LogP contribution in [0, 0.1) is 6.92 Å². The predicted octanol–water partition coefficient (Wildman–Crippen LogP) is 3.08. The van der Waals surface area contributed by atoms with Crippen molar-refractivity contribution in [3.8, 4) is 0 Å². The maximum absolute atomic E-state index is 12.3. The summed E-state index contributed by atoms with van der Waals surface area (Å²) in [4.78, 5) is 0.171. The molecule has 2 aromatic rings. The average molecular weight is 341 g/mol. The van der Waals surface area contributed by atoms with E-state index in [-0.39, 0.29) is 14.9 Å². The minimum Gasteiger partial charge on any atom is -0.389 e. The SMILES string of the molecule is Cc1cccc(NS(=O)(=O)c2ccc(C(N)=S)c(Cl)c2)c1. The van der Waals surface area contributed by atoms with Crippen molar-refractivity contribution >= 4 is 44.5 Å². The topological polar surface area (TPSA) is 72.2 Å². The van der Waals surface area contributed by atoms with E-state index in [1.165, 1.54) is 18.2 Å². The van der Waals surface area contributed by atoms with Crippen molar-refractivity contribution in [2.75, 3.05) is 4.72 Å². The Balaban J connectivity index is 2.36. The second kappa shape index (κ2) is 6.01. The highest BCUT2D eigenvalue weighted by atomic mass is 35.5. The predicted molar refractivity (Wildman–Crippen MR) is 89.3 cm³/mol. The van der Waals surface area contributed by atoms with Crippen LogP contribution in [0.3, 0.4) is 0 Å². The van der Waals surface area contributed by atoms with Gasteiger partial charge in [-0.05, 0) is 42.8 Å². The minimum atomic E-state index is -3.71. The summed E-state index contributed by atoms with van der Waals surface area (Å²) in [6.45, 7) is 1.88. The lowest BCUT2D eigenvalue weighted by Crippen LogP contribution is -2.14. The number of nitrogens with two attached hydrogens (primary N) is 1. The molecule has 0 radical (unpaired) electrons. The third-order valence-corrected chi connectivity index (χ3v) is 4.70. The lowest BCUT2D eigenvalue weighted by Gasteiger charge is -2.10. The molecule has 3 N–H and O–H groups in total. The molecule has 0 aliphatic carbocycles. The molecule has 0 saturated heterocycles. The highest BCUT2D eigenvalue weighted by Gasteiger charge is 2.16. The van der Waals surface area contributed by atoms with E-state index in [9.17, 15) is 8.42 Å². The van der Waals surface area contributed by atoms with Crippen molar-refractivity contribution in [3.05, 3.63) is 58.6 Å². The number of sulfonamides is 1.